The van der Waals surface area contributed by atoms with Crippen molar-refractivity contribution < 1.29 is 24.1 Å². The van der Waals surface area contributed by atoms with Gasteiger partial charge in [0, 0.05) is 11.4 Å². The van der Waals surface area contributed by atoms with Gasteiger partial charge in [0.2, 0.25) is 0 Å². The highest BCUT2D eigenvalue weighted by molar-refractivity contribution is 7.13. The van der Waals surface area contributed by atoms with Crippen LogP contribution in [-0.4, -0.2) is 36.4 Å². The Labute approximate surface area is 167 Å². The summed E-state index contributed by atoms with van der Waals surface area (Å²) in [6, 6.07) is 13.3. The summed E-state index contributed by atoms with van der Waals surface area (Å²) >= 11 is 1.25. The predicted molar refractivity (Wildman–Crippen MR) is 108 cm³/mol. The molecule has 0 spiro atoms. The monoisotopic (exact) mass is 399 g/mol. The van der Waals surface area contributed by atoms with Crippen LogP contribution in [0.1, 0.15) is 23.0 Å². The number of benzene rings is 2. The number of rotatable bonds is 9. The Morgan fingerprint density at radius 3 is 2.43 bits per heavy atom. The Kier molecular flexibility index (Phi) is 6.49. The van der Waals surface area contributed by atoms with Crippen LogP contribution in [-0.2, 0) is 6.42 Å². The second-order valence-corrected chi connectivity index (χ2v) is 6.76. The van der Waals surface area contributed by atoms with Gasteiger partial charge in [-0.05, 0) is 36.2 Å². The zero-order valence-corrected chi connectivity index (χ0v) is 16.5. The van der Waals surface area contributed by atoms with E-state index in [4.69, 9.17) is 19.3 Å². The molecule has 0 unspecified atom stereocenters. The first-order chi connectivity index (χ1) is 13.6. The van der Waals surface area contributed by atoms with Gasteiger partial charge in [-0.2, -0.15) is 0 Å². The van der Waals surface area contributed by atoms with E-state index < -0.39 is 5.97 Å². The number of carbonyl (C=O) groups is 1. The molecule has 0 radical (unpaired) electrons. The molecule has 0 aliphatic heterocycles. The van der Waals surface area contributed by atoms with E-state index in [1.165, 1.54) is 22.3 Å². The van der Waals surface area contributed by atoms with E-state index in [1.807, 2.05) is 30.3 Å². The van der Waals surface area contributed by atoms with Crippen molar-refractivity contribution >= 4 is 17.3 Å². The van der Waals surface area contributed by atoms with Crippen molar-refractivity contribution in [3.05, 3.63) is 59.1 Å². The highest BCUT2D eigenvalue weighted by atomic mass is 32.1. The minimum absolute atomic E-state index is 0.0145. The zero-order chi connectivity index (χ0) is 19.9. The highest BCUT2D eigenvalue weighted by Crippen LogP contribution is 2.35. The molecule has 0 saturated heterocycles. The fourth-order valence-corrected chi connectivity index (χ4v) is 3.38. The average Bonchev–Trinajstić information content (AvgIpc) is 3.22. The summed E-state index contributed by atoms with van der Waals surface area (Å²) in [7, 11) is 1.58. The Morgan fingerprint density at radius 2 is 1.79 bits per heavy atom. The molecule has 0 aliphatic rings. The van der Waals surface area contributed by atoms with Crippen molar-refractivity contribution in [1.29, 1.82) is 0 Å². The second-order valence-electron chi connectivity index (χ2n) is 5.90. The highest BCUT2D eigenvalue weighted by Gasteiger charge is 2.15. The van der Waals surface area contributed by atoms with Gasteiger partial charge in [0.25, 0.3) is 0 Å². The number of aromatic carboxylic acids is 1. The zero-order valence-electron chi connectivity index (χ0n) is 15.7. The largest absolute Gasteiger partial charge is 0.497 e. The number of hydrogen-bond donors (Lipinski definition) is 1. The predicted octanol–water partition coefficient (Wildman–Crippen LogP) is 4.54. The second kappa shape index (κ2) is 9.23. The Balaban J connectivity index is 1.68. The number of ether oxygens (including phenoxy) is 3. The summed E-state index contributed by atoms with van der Waals surface area (Å²) < 4.78 is 16.9. The maximum absolute atomic E-state index is 11.1. The van der Waals surface area contributed by atoms with E-state index in [-0.39, 0.29) is 5.69 Å². The summed E-state index contributed by atoms with van der Waals surface area (Å²) in [6.45, 7) is 2.81. The lowest BCUT2D eigenvalue weighted by molar-refractivity contribution is 0.0691. The number of methoxy groups -OCH3 is 1. The number of aromatic nitrogens is 1. The van der Waals surface area contributed by atoms with Crippen LogP contribution in [0.25, 0.3) is 10.6 Å². The van der Waals surface area contributed by atoms with Crippen molar-refractivity contribution in [3.63, 3.8) is 0 Å². The maximum Gasteiger partial charge on any atom is 0.355 e. The Hall–Kier alpha value is -3.06. The smallest absolute Gasteiger partial charge is 0.355 e. The Bertz CT molecular complexity index is 936. The van der Waals surface area contributed by atoms with Crippen LogP contribution < -0.4 is 14.2 Å². The van der Waals surface area contributed by atoms with E-state index >= 15 is 0 Å². The molecule has 2 aromatic carbocycles. The van der Waals surface area contributed by atoms with Crippen molar-refractivity contribution in [1.82, 2.24) is 4.98 Å². The molecule has 1 N–H and O–H groups in total. The van der Waals surface area contributed by atoms with Crippen LogP contribution in [0.5, 0.6) is 17.2 Å². The number of carboxylic acids is 1. The van der Waals surface area contributed by atoms with Crippen LogP contribution in [0, 0.1) is 0 Å². The number of aryl methyl sites for hydroxylation is 1. The molecule has 6 nitrogen and oxygen atoms in total. The topological polar surface area (TPSA) is 77.9 Å². The molecule has 146 valence electrons. The van der Waals surface area contributed by atoms with Gasteiger partial charge in [-0.1, -0.05) is 19.1 Å². The summed E-state index contributed by atoms with van der Waals surface area (Å²) in [5.74, 6) is 0.944. The van der Waals surface area contributed by atoms with E-state index in [1.54, 1.807) is 19.2 Å². The molecule has 3 rings (SSSR count). The molecule has 7 heteroatoms. The normalized spacial score (nSPS) is 10.5. The van der Waals surface area contributed by atoms with Gasteiger partial charge in [0.05, 0.1) is 12.7 Å². The molecule has 0 amide bonds. The molecule has 0 atom stereocenters. The fraction of sp³-hybridized carbons (Fsp3) is 0.238. The van der Waals surface area contributed by atoms with Crippen molar-refractivity contribution in [2.24, 2.45) is 0 Å². The minimum atomic E-state index is -1.05. The first kappa shape index (κ1) is 19.7. The van der Waals surface area contributed by atoms with Gasteiger partial charge in [0.1, 0.15) is 35.5 Å². The number of hydrogen-bond acceptors (Lipinski definition) is 6. The van der Waals surface area contributed by atoms with Crippen molar-refractivity contribution in [2.75, 3.05) is 20.3 Å². The molecular formula is C21H21NO5S. The third-order valence-electron chi connectivity index (χ3n) is 4.08. The first-order valence-corrected chi connectivity index (χ1v) is 9.70. The van der Waals surface area contributed by atoms with E-state index in [0.717, 1.165) is 12.2 Å². The number of nitrogens with zero attached hydrogens (tertiary/aromatic N) is 1. The maximum atomic E-state index is 11.1. The molecule has 0 bridgehead atoms. The quantitative estimate of drug-likeness (QED) is 0.533. The van der Waals surface area contributed by atoms with E-state index in [2.05, 4.69) is 11.9 Å². The van der Waals surface area contributed by atoms with Gasteiger partial charge < -0.3 is 19.3 Å². The van der Waals surface area contributed by atoms with Crippen LogP contribution in [0.3, 0.4) is 0 Å². The number of carboxylic acid groups (broad SMARTS) is 1. The summed E-state index contributed by atoms with van der Waals surface area (Å²) in [5, 5.41) is 11.2. The molecule has 3 aromatic rings. The van der Waals surface area contributed by atoms with Crippen LogP contribution >= 0.6 is 11.3 Å². The average molecular weight is 399 g/mol. The van der Waals surface area contributed by atoms with Crippen molar-refractivity contribution in [3.8, 4) is 27.8 Å². The molecule has 0 saturated carbocycles. The Morgan fingerprint density at radius 1 is 1.07 bits per heavy atom. The van der Waals surface area contributed by atoms with Crippen LogP contribution in [0.15, 0.2) is 47.8 Å². The van der Waals surface area contributed by atoms with Gasteiger partial charge >= 0.3 is 5.97 Å². The summed E-state index contributed by atoms with van der Waals surface area (Å²) in [5.41, 5.74) is 1.99. The van der Waals surface area contributed by atoms with Gasteiger partial charge in [-0.3, -0.25) is 0 Å². The van der Waals surface area contributed by atoms with E-state index in [0.29, 0.717) is 35.3 Å². The molecule has 28 heavy (non-hydrogen) atoms. The molecule has 1 heterocycles. The third kappa shape index (κ3) is 4.80. The molecule has 0 fully saturated rings. The first-order valence-electron chi connectivity index (χ1n) is 8.82. The lowest BCUT2D eigenvalue weighted by atomic mass is 10.2. The van der Waals surface area contributed by atoms with Gasteiger partial charge in [-0.15, -0.1) is 11.3 Å². The van der Waals surface area contributed by atoms with Gasteiger partial charge in [0.15, 0.2) is 5.69 Å². The van der Waals surface area contributed by atoms with Gasteiger partial charge in [-0.25, -0.2) is 9.78 Å². The third-order valence-corrected chi connectivity index (χ3v) is 4.96. The van der Waals surface area contributed by atoms with E-state index in [9.17, 15) is 4.79 Å². The summed E-state index contributed by atoms with van der Waals surface area (Å²) in [6.07, 6.45) is 0.988. The SMILES string of the molecule is CCc1ccc(OCCOc2cc(OC)ccc2-c2nc(C(=O)O)cs2)cc1. The van der Waals surface area contributed by atoms with Crippen molar-refractivity contribution in [2.45, 2.75) is 13.3 Å². The fourth-order valence-electron chi connectivity index (χ4n) is 2.55. The lowest BCUT2D eigenvalue weighted by Crippen LogP contribution is -2.09. The van der Waals surface area contributed by atoms with Crippen LogP contribution in [0.2, 0.25) is 0 Å². The summed E-state index contributed by atoms with van der Waals surface area (Å²) in [4.78, 5) is 15.2. The number of thiazole rings is 1. The minimum Gasteiger partial charge on any atom is -0.497 e. The molecular weight excluding hydrogens is 378 g/mol. The lowest BCUT2D eigenvalue weighted by Gasteiger charge is -2.12. The van der Waals surface area contributed by atoms with Crippen LogP contribution in [0.4, 0.5) is 0 Å². The molecule has 0 aliphatic carbocycles. The molecule has 1 aromatic heterocycles. The standard InChI is InChI=1S/C21H21NO5S/c1-3-14-4-6-15(7-5-14)26-10-11-27-19-12-16(25-2)8-9-17(19)20-22-18(13-28-20)21(23)24/h4-9,12-13H,3,10-11H2,1-2H3,(H,23,24).